The van der Waals surface area contributed by atoms with E-state index in [4.69, 9.17) is 9.47 Å². The summed E-state index contributed by atoms with van der Waals surface area (Å²) in [5.41, 5.74) is 1.18. The lowest BCUT2D eigenvalue weighted by Gasteiger charge is -2.24. The average Bonchev–Trinajstić information content (AvgIpc) is 2.26. The Bertz CT molecular complexity index is 332. The van der Waals surface area contributed by atoms with E-state index >= 15 is 0 Å². The van der Waals surface area contributed by atoms with Crippen LogP contribution in [0.1, 0.15) is 24.8 Å². The van der Waals surface area contributed by atoms with Gasteiger partial charge in [-0.05, 0) is 47.3 Å². The molecule has 1 saturated heterocycles. The van der Waals surface area contributed by atoms with E-state index in [0.29, 0.717) is 0 Å². The predicted octanol–water partition coefficient (Wildman–Crippen LogP) is 3.66. The van der Waals surface area contributed by atoms with Crippen molar-refractivity contribution >= 4 is 15.9 Å². The molecule has 2 nitrogen and oxygen atoms in total. The molecule has 0 N–H and O–H groups in total. The van der Waals surface area contributed by atoms with Gasteiger partial charge in [0.15, 0.2) is 6.29 Å². The van der Waals surface area contributed by atoms with Crippen molar-refractivity contribution in [1.82, 2.24) is 0 Å². The van der Waals surface area contributed by atoms with Crippen molar-refractivity contribution in [1.29, 1.82) is 0 Å². The molecule has 15 heavy (non-hydrogen) atoms. The Balaban J connectivity index is 2.06. The first-order chi connectivity index (χ1) is 7.27. The van der Waals surface area contributed by atoms with Gasteiger partial charge in [-0.2, -0.15) is 0 Å². The number of hydrogen-bond acceptors (Lipinski definition) is 2. The Morgan fingerprint density at radius 3 is 3.00 bits per heavy atom. The first-order valence-corrected chi connectivity index (χ1v) is 6.10. The van der Waals surface area contributed by atoms with Gasteiger partial charge in [0.2, 0.25) is 0 Å². The summed E-state index contributed by atoms with van der Waals surface area (Å²) in [7, 11) is 0. The fraction of sp³-hybridized carbons (Fsp3) is 0.500. The van der Waals surface area contributed by atoms with Crippen LogP contribution in [0.25, 0.3) is 0 Å². The van der Waals surface area contributed by atoms with Gasteiger partial charge in [0.05, 0.1) is 11.1 Å². The molecule has 0 radical (unpaired) electrons. The molecule has 2 rings (SSSR count). The molecule has 0 bridgehead atoms. The molecule has 1 unspecified atom stereocenters. The third-order valence-corrected chi connectivity index (χ3v) is 3.57. The lowest BCUT2D eigenvalue weighted by Crippen LogP contribution is -2.25. The van der Waals surface area contributed by atoms with Gasteiger partial charge in [-0.3, -0.25) is 0 Å². The molecule has 1 aliphatic heterocycles. The molecule has 1 aliphatic rings. The second kappa shape index (κ2) is 4.99. The van der Waals surface area contributed by atoms with Crippen molar-refractivity contribution in [2.45, 2.75) is 32.5 Å². The highest BCUT2D eigenvalue weighted by Crippen LogP contribution is 2.30. The van der Waals surface area contributed by atoms with Crippen molar-refractivity contribution in [3.8, 4) is 5.75 Å². The van der Waals surface area contributed by atoms with Gasteiger partial charge in [-0.15, -0.1) is 0 Å². The lowest BCUT2D eigenvalue weighted by molar-refractivity contribution is -0.106. The van der Waals surface area contributed by atoms with E-state index in [-0.39, 0.29) is 6.29 Å². The largest absolute Gasteiger partial charge is 0.464 e. The van der Waals surface area contributed by atoms with E-state index in [1.165, 1.54) is 12.0 Å². The second-order valence-corrected chi connectivity index (χ2v) is 4.59. The molecule has 3 heteroatoms. The van der Waals surface area contributed by atoms with Crippen LogP contribution < -0.4 is 4.74 Å². The van der Waals surface area contributed by atoms with Gasteiger partial charge >= 0.3 is 0 Å². The van der Waals surface area contributed by atoms with Crippen LogP contribution in [0.4, 0.5) is 0 Å². The average molecular weight is 271 g/mol. The van der Waals surface area contributed by atoms with Gasteiger partial charge < -0.3 is 9.47 Å². The minimum Gasteiger partial charge on any atom is -0.464 e. The van der Waals surface area contributed by atoms with Crippen molar-refractivity contribution < 1.29 is 9.47 Å². The molecule has 0 spiro atoms. The number of aryl methyl sites for hydroxylation is 1. The van der Waals surface area contributed by atoms with Crippen LogP contribution in [0.15, 0.2) is 22.7 Å². The Morgan fingerprint density at radius 2 is 2.27 bits per heavy atom. The predicted molar refractivity (Wildman–Crippen MR) is 63.1 cm³/mol. The fourth-order valence-corrected chi connectivity index (χ4v) is 2.02. The molecule has 1 heterocycles. The lowest BCUT2D eigenvalue weighted by atomic mass is 10.2. The summed E-state index contributed by atoms with van der Waals surface area (Å²) in [5, 5.41) is 0. The third kappa shape index (κ3) is 2.73. The molecule has 82 valence electrons. The zero-order valence-electron chi connectivity index (χ0n) is 8.83. The van der Waals surface area contributed by atoms with Gasteiger partial charge in [-0.1, -0.05) is 12.1 Å². The standard InChI is InChI=1S/C12H15BrO2/c1-9-5-4-6-10(12(9)13)15-11-7-2-3-8-14-11/h4-6,11H,2-3,7-8H2,1H3. The zero-order valence-corrected chi connectivity index (χ0v) is 10.4. The molecule has 0 saturated carbocycles. The Morgan fingerprint density at radius 1 is 1.40 bits per heavy atom. The topological polar surface area (TPSA) is 18.5 Å². The monoisotopic (exact) mass is 270 g/mol. The minimum atomic E-state index is -0.0724. The highest BCUT2D eigenvalue weighted by Gasteiger charge is 2.16. The van der Waals surface area contributed by atoms with Crippen molar-refractivity contribution in [3.05, 3.63) is 28.2 Å². The molecule has 1 aromatic carbocycles. The van der Waals surface area contributed by atoms with Gasteiger partial charge in [-0.25, -0.2) is 0 Å². The normalized spacial score (nSPS) is 21.3. The van der Waals surface area contributed by atoms with Gasteiger partial charge in [0.1, 0.15) is 5.75 Å². The third-order valence-electron chi connectivity index (χ3n) is 2.55. The highest BCUT2D eigenvalue weighted by atomic mass is 79.9. The molecule has 1 fully saturated rings. The summed E-state index contributed by atoms with van der Waals surface area (Å²) in [4.78, 5) is 0. The van der Waals surface area contributed by atoms with Crippen molar-refractivity contribution in [2.75, 3.05) is 6.61 Å². The number of ether oxygens (including phenoxy) is 2. The smallest absolute Gasteiger partial charge is 0.199 e. The summed E-state index contributed by atoms with van der Waals surface area (Å²) in [6, 6.07) is 6.02. The summed E-state index contributed by atoms with van der Waals surface area (Å²) in [6.07, 6.45) is 3.25. The van der Waals surface area contributed by atoms with Crippen LogP contribution in [0, 0.1) is 6.92 Å². The van der Waals surface area contributed by atoms with Crippen molar-refractivity contribution in [2.24, 2.45) is 0 Å². The summed E-state index contributed by atoms with van der Waals surface area (Å²) in [5.74, 6) is 0.877. The molecule has 0 amide bonds. The van der Waals surface area contributed by atoms with Crippen LogP contribution in [-0.4, -0.2) is 12.9 Å². The second-order valence-electron chi connectivity index (χ2n) is 3.80. The molecule has 0 aromatic heterocycles. The van der Waals surface area contributed by atoms with Crippen LogP contribution >= 0.6 is 15.9 Å². The van der Waals surface area contributed by atoms with E-state index in [1.807, 2.05) is 12.1 Å². The molecular formula is C12H15BrO2. The van der Waals surface area contributed by atoms with Crippen LogP contribution in [0.2, 0.25) is 0 Å². The maximum Gasteiger partial charge on any atom is 0.199 e. The molecular weight excluding hydrogens is 256 g/mol. The van der Waals surface area contributed by atoms with E-state index in [0.717, 1.165) is 29.7 Å². The fourth-order valence-electron chi connectivity index (χ4n) is 1.66. The summed E-state index contributed by atoms with van der Waals surface area (Å²) >= 11 is 3.53. The van der Waals surface area contributed by atoms with Gasteiger partial charge in [0, 0.05) is 6.42 Å². The molecule has 1 atom stereocenters. The first kappa shape index (κ1) is 11.0. The number of benzene rings is 1. The Labute approximate surface area is 98.7 Å². The van der Waals surface area contributed by atoms with Crippen molar-refractivity contribution in [3.63, 3.8) is 0 Å². The Hall–Kier alpha value is -0.540. The molecule has 0 aliphatic carbocycles. The quantitative estimate of drug-likeness (QED) is 0.817. The zero-order chi connectivity index (χ0) is 10.7. The van der Waals surface area contributed by atoms with E-state index in [9.17, 15) is 0 Å². The number of rotatable bonds is 2. The SMILES string of the molecule is Cc1cccc(OC2CCCCO2)c1Br. The van der Waals surface area contributed by atoms with Crippen LogP contribution in [-0.2, 0) is 4.74 Å². The number of hydrogen-bond donors (Lipinski definition) is 0. The van der Waals surface area contributed by atoms with Gasteiger partial charge in [0.25, 0.3) is 0 Å². The van der Waals surface area contributed by atoms with Crippen LogP contribution in [0.5, 0.6) is 5.75 Å². The number of halogens is 1. The maximum atomic E-state index is 5.80. The molecule has 1 aromatic rings. The van der Waals surface area contributed by atoms with E-state index < -0.39 is 0 Å². The Kier molecular flexibility index (Phi) is 3.65. The highest BCUT2D eigenvalue weighted by molar-refractivity contribution is 9.10. The minimum absolute atomic E-state index is 0.0724. The van der Waals surface area contributed by atoms with E-state index in [2.05, 4.69) is 28.9 Å². The van der Waals surface area contributed by atoms with Crippen LogP contribution in [0.3, 0.4) is 0 Å². The maximum absolute atomic E-state index is 5.80. The summed E-state index contributed by atoms with van der Waals surface area (Å²) in [6.45, 7) is 2.87. The van der Waals surface area contributed by atoms with E-state index in [1.54, 1.807) is 0 Å². The first-order valence-electron chi connectivity index (χ1n) is 5.31. The summed E-state index contributed by atoms with van der Waals surface area (Å²) < 4.78 is 12.4.